The minimum absolute atomic E-state index is 0.228. The highest BCUT2D eigenvalue weighted by Crippen LogP contribution is 2.29. The van der Waals surface area contributed by atoms with E-state index in [2.05, 4.69) is 11.9 Å². The molecule has 0 fully saturated rings. The molecule has 0 unspecified atom stereocenters. The maximum absolute atomic E-state index is 12.2. The van der Waals surface area contributed by atoms with E-state index in [1.807, 2.05) is 0 Å². The van der Waals surface area contributed by atoms with Gasteiger partial charge in [-0.15, -0.1) is 11.3 Å². The maximum Gasteiger partial charge on any atom is 0.393 e. The smallest absolute Gasteiger partial charge is 0.244 e. The van der Waals surface area contributed by atoms with Crippen LogP contribution in [0.1, 0.15) is 10.4 Å². The Hall–Kier alpha value is -1.36. The van der Waals surface area contributed by atoms with Crippen LogP contribution in [0, 0.1) is 6.92 Å². The highest BCUT2D eigenvalue weighted by atomic mass is 32.1. The van der Waals surface area contributed by atoms with Gasteiger partial charge in [0.05, 0.1) is 6.42 Å². The van der Waals surface area contributed by atoms with Crippen molar-refractivity contribution >= 4 is 11.3 Å². The normalized spacial score (nSPS) is 11.8. The van der Waals surface area contributed by atoms with Crippen LogP contribution in [0.3, 0.4) is 0 Å². The third-order valence-electron chi connectivity index (χ3n) is 2.13. The van der Waals surface area contributed by atoms with E-state index in [0.717, 1.165) is 22.5 Å². The molecule has 0 N–H and O–H groups in total. The molecule has 1 nitrogen and oxygen atoms in total. The highest BCUT2D eigenvalue weighted by Gasteiger charge is 2.28. The molecule has 0 aliphatic heterocycles. The minimum atomic E-state index is -4.18. The molecule has 0 spiro atoms. The van der Waals surface area contributed by atoms with Crippen LogP contribution < -0.4 is 0 Å². The molecule has 1 heterocycles. The van der Waals surface area contributed by atoms with Gasteiger partial charge in [0, 0.05) is 16.6 Å². The first-order chi connectivity index (χ1) is 7.94. The molecule has 1 aromatic heterocycles. The van der Waals surface area contributed by atoms with Crippen LogP contribution in [0.5, 0.6) is 0 Å². The van der Waals surface area contributed by atoms with Crippen molar-refractivity contribution in [1.29, 1.82) is 0 Å². The van der Waals surface area contributed by atoms with Crippen molar-refractivity contribution in [2.24, 2.45) is 0 Å². The van der Waals surface area contributed by atoms with Gasteiger partial charge in [-0.3, -0.25) is 0 Å². The summed E-state index contributed by atoms with van der Waals surface area (Å²) in [4.78, 5) is 4.23. The van der Waals surface area contributed by atoms with Crippen molar-refractivity contribution in [3.63, 3.8) is 0 Å². The molecule has 89 valence electrons. The van der Waals surface area contributed by atoms with Crippen molar-refractivity contribution in [3.8, 4) is 10.6 Å². The lowest BCUT2D eigenvalue weighted by molar-refractivity contribution is -0.126. The fourth-order valence-electron chi connectivity index (χ4n) is 1.37. The zero-order chi connectivity index (χ0) is 12.5. The molecule has 1 aromatic carbocycles. The maximum atomic E-state index is 12.2. The van der Waals surface area contributed by atoms with Crippen LogP contribution >= 0.6 is 11.3 Å². The number of hydrogen-bond donors (Lipinski definition) is 0. The monoisotopic (exact) mass is 256 g/mol. The molecule has 0 saturated heterocycles. The summed E-state index contributed by atoms with van der Waals surface area (Å²) >= 11 is 1.07. The van der Waals surface area contributed by atoms with E-state index in [9.17, 15) is 13.2 Å². The van der Waals surface area contributed by atoms with Gasteiger partial charge in [0.2, 0.25) is 0 Å². The summed E-state index contributed by atoms with van der Waals surface area (Å²) < 4.78 is 36.5. The summed E-state index contributed by atoms with van der Waals surface area (Å²) in [5.74, 6) is 0. The van der Waals surface area contributed by atoms with Crippen LogP contribution in [0.2, 0.25) is 0 Å². The predicted molar refractivity (Wildman–Crippen MR) is 61.8 cm³/mol. The Morgan fingerprint density at radius 1 is 1.18 bits per heavy atom. The molecule has 0 aliphatic carbocycles. The molecule has 0 atom stereocenters. The number of thiazole rings is 1. The van der Waals surface area contributed by atoms with Gasteiger partial charge in [-0.05, 0) is 12.5 Å². The van der Waals surface area contributed by atoms with Crippen molar-refractivity contribution in [1.82, 2.24) is 4.98 Å². The van der Waals surface area contributed by atoms with Gasteiger partial charge in [0.25, 0.3) is 0 Å². The predicted octanol–water partition coefficient (Wildman–Crippen LogP) is 4.10. The lowest BCUT2D eigenvalue weighted by atomic mass is 10.2. The SMILES string of the molecule is [CH2]c1ccc(-c2ncc(CC(F)(F)F)s2)cc1. The molecule has 2 rings (SSSR count). The average Bonchev–Trinajstić information content (AvgIpc) is 2.64. The zero-order valence-corrected chi connectivity index (χ0v) is 9.61. The summed E-state index contributed by atoms with van der Waals surface area (Å²) in [6.07, 6.45) is -3.81. The zero-order valence-electron chi connectivity index (χ0n) is 8.79. The standard InChI is InChI=1S/C12H9F3NS/c1-8-2-4-9(5-3-8)11-16-7-10(17-11)6-12(13,14)15/h2-5,7H,1,6H2. The fraction of sp³-hybridized carbons (Fsp3) is 0.167. The number of halogens is 3. The minimum Gasteiger partial charge on any atom is -0.244 e. The lowest BCUT2D eigenvalue weighted by Crippen LogP contribution is -2.10. The quantitative estimate of drug-likeness (QED) is 0.788. The first-order valence-electron chi connectivity index (χ1n) is 4.88. The van der Waals surface area contributed by atoms with Crippen molar-refractivity contribution in [3.05, 3.63) is 47.8 Å². The van der Waals surface area contributed by atoms with E-state index >= 15 is 0 Å². The average molecular weight is 256 g/mol. The van der Waals surface area contributed by atoms with E-state index < -0.39 is 12.6 Å². The molecule has 2 aromatic rings. The first kappa shape index (κ1) is 12.1. The molecular weight excluding hydrogens is 247 g/mol. The van der Waals surface area contributed by atoms with Crippen molar-refractivity contribution in [2.75, 3.05) is 0 Å². The van der Waals surface area contributed by atoms with Gasteiger partial charge in [0.1, 0.15) is 5.01 Å². The van der Waals surface area contributed by atoms with Gasteiger partial charge in [0.15, 0.2) is 0 Å². The molecule has 0 saturated carbocycles. The van der Waals surface area contributed by atoms with E-state index in [1.165, 1.54) is 6.20 Å². The Morgan fingerprint density at radius 2 is 1.82 bits per heavy atom. The topological polar surface area (TPSA) is 12.9 Å². The largest absolute Gasteiger partial charge is 0.393 e. The van der Waals surface area contributed by atoms with Crippen molar-refractivity contribution in [2.45, 2.75) is 12.6 Å². The Labute approximate surface area is 101 Å². The summed E-state index contributed by atoms with van der Waals surface area (Å²) in [7, 11) is 0. The Bertz CT molecular complexity index is 499. The van der Waals surface area contributed by atoms with Crippen LogP contribution in [0.25, 0.3) is 10.6 Å². The number of alkyl halides is 3. The van der Waals surface area contributed by atoms with Gasteiger partial charge in [-0.25, -0.2) is 4.98 Å². The van der Waals surface area contributed by atoms with Crippen LogP contribution in [0.4, 0.5) is 13.2 Å². The van der Waals surface area contributed by atoms with Crippen LogP contribution in [-0.2, 0) is 6.42 Å². The second-order valence-corrected chi connectivity index (χ2v) is 4.74. The molecular formula is C12H9F3NS. The highest BCUT2D eigenvalue weighted by molar-refractivity contribution is 7.15. The van der Waals surface area contributed by atoms with E-state index in [1.54, 1.807) is 24.3 Å². The number of aromatic nitrogens is 1. The molecule has 17 heavy (non-hydrogen) atoms. The second-order valence-electron chi connectivity index (χ2n) is 3.62. The Balaban J connectivity index is 2.21. The van der Waals surface area contributed by atoms with Gasteiger partial charge in [-0.2, -0.15) is 13.2 Å². The summed E-state index contributed by atoms with van der Waals surface area (Å²) in [5, 5.41) is 0.601. The second kappa shape index (κ2) is 4.49. The third kappa shape index (κ3) is 3.30. The lowest BCUT2D eigenvalue weighted by Gasteiger charge is -2.01. The number of benzene rings is 1. The number of rotatable bonds is 2. The molecule has 0 aliphatic rings. The Morgan fingerprint density at radius 3 is 2.41 bits per heavy atom. The molecule has 1 radical (unpaired) electrons. The molecule has 0 amide bonds. The molecule has 5 heteroatoms. The number of nitrogens with zero attached hydrogens (tertiary/aromatic N) is 1. The van der Waals surface area contributed by atoms with Crippen LogP contribution in [0.15, 0.2) is 30.5 Å². The van der Waals surface area contributed by atoms with E-state index in [0.29, 0.717) is 5.01 Å². The van der Waals surface area contributed by atoms with Gasteiger partial charge < -0.3 is 0 Å². The Kier molecular flexibility index (Phi) is 3.19. The third-order valence-corrected chi connectivity index (χ3v) is 3.18. The summed E-state index contributed by atoms with van der Waals surface area (Å²) in [5.41, 5.74) is 1.68. The fourth-order valence-corrected chi connectivity index (χ4v) is 2.32. The molecule has 0 bridgehead atoms. The van der Waals surface area contributed by atoms with Gasteiger partial charge in [-0.1, -0.05) is 24.3 Å². The van der Waals surface area contributed by atoms with E-state index in [4.69, 9.17) is 0 Å². The van der Waals surface area contributed by atoms with Crippen molar-refractivity contribution < 1.29 is 13.2 Å². The van der Waals surface area contributed by atoms with Gasteiger partial charge >= 0.3 is 6.18 Å². The van der Waals surface area contributed by atoms with Crippen LogP contribution in [-0.4, -0.2) is 11.2 Å². The number of hydrogen-bond acceptors (Lipinski definition) is 2. The summed E-state index contributed by atoms with van der Waals surface area (Å²) in [6, 6.07) is 7.22. The van der Waals surface area contributed by atoms with E-state index in [-0.39, 0.29) is 4.88 Å². The summed E-state index contributed by atoms with van der Waals surface area (Å²) in [6.45, 7) is 3.74. The first-order valence-corrected chi connectivity index (χ1v) is 5.69.